The van der Waals surface area contributed by atoms with Crippen LogP contribution < -0.4 is 0 Å². The van der Waals surface area contributed by atoms with E-state index in [9.17, 15) is 5.11 Å². The Labute approximate surface area is 103 Å². The molecular weight excluding hydrogens is 196 g/mol. The second-order valence-electron chi connectivity index (χ2n) is 5.35. The van der Waals surface area contributed by atoms with Crippen LogP contribution in [0, 0.1) is 5.41 Å². The lowest BCUT2D eigenvalue weighted by Gasteiger charge is -2.37. The first-order valence-electron chi connectivity index (χ1n) is 7.31. The first-order valence-corrected chi connectivity index (χ1v) is 7.31. The summed E-state index contributed by atoms with van der Waals surface area (Å²) in [4.78, 5) is 0. The molecular formula is C15H32O. The molecule has 0 aliphatic rings. The Kier molecular flexibility index (Phi) is 9.02. The van der Waals surface area contributed by atoms with Crippen LogP contribution in [0.5, 0.6) is 0 Å². The van der Waals surface area contributed by atoms with Crippen LogP contribution in [0.3, 0.4) is 0 Å². The average Bonchev–Trinajstić information content (AvgIpc) is 2.28. The summed E-state index contributed by atoms with van der Waals surface area (Å²) in [5.74, 6) is 0. The van der Waals surface area contributed by atoms with Crippen LogP contribution in [0.15, 0.2) is 0 Å². The highest BCUT2D eigenvalue weighted by Crippen LogP contribution is 2.39. The molecule has 0 amide bonds. The summed E-state index contributed by atoms with van der Waals surface area (Å²) in [5, 5.41) is 10.1. The molecule has 0 spiro atoms. The van der Waals surface area contributed by atoms with Crippen molar-refractivity contribution in [2.75, 3.05) is 0 Å². The molecule has 0 aromatic carbocycles. The maximum Gasteiger partial charge on any atom is 0.0568 e. The number of aliphatic hydroxyl groups is 1. The number of hydrogen-bond donors (Lipinski definition) is 1. The fourth-order valence-corrected chi connectivity index (χ4v) is 2.59. The fourth-order valence-electron chi connectivity index (χ4n) is 2.59. The van der Waals surface area contributed by atoms with Gasteiger partial charge in [-0.15, -0.1) is 0 Å². The third-order valence-electron chi connectivity index (χ3n) is 3.97. The Morgan fingerprint density at radius 1 is 0.812 bits per heavy atom. The first kappa shape index (κ1) is 16.0. The zero-order valence-electron chi connectivity index (χ0n) is 11.9. The van der Waals surface area contributed by atoms with Crippen molar-refractivity contribution in [2.45, 2.75) is 91.6 Å². The Balaban J connectivity index is 4.46. The van der Waals surface area contributed by atoms with Crippen molar-refractivity contribution < 1.29 is 5.11 Å². The molecule has 0 aromatic heterocycles. The van der Waals surface area contributed by atoms with Gasteiger partial charge in [0.05, 0.1) is 6.10 Å². The van der Waals surface area contributed by atoms with Crippen molar-refractivity contribution in [3.8, 4) is 0 Å². The van der Waals surface area contributed by atoms with Crippen molar-refractivity contribution in [3.63, 3.8) is 0 Å². The molecule has 1 nitrogen and oxygen atoms in total. The number of rotatable bonds is 10. The van der Waals surface area contributed by atoms with Gasteiger partial charge in [-0.05, 0) is 31.6 Å². The SMILES string of the molecule is CCCCC(CCCC)(CCCC)C(C)O. The van der Waals surface area contributed by atoms with Crippen molar-refractivity contribution in [1.29, 1.82) is 0 Å². The molecule has 0 heterocycles. The third kappa shape index (κ3) is 5.34. The van der Waals surface area contributed by atoms with Gasteiger partial charge in [0.1, 0.15) is 0 Å². The van der Waals surface area contributed by atoms with Gasteiger partial charge < -0.3 is 5.11 Å². The second kappa shape index (κ2) is 9.04. The molecule has 0 radical (unpaired) electrons. The van der Waals surface area contributed by atoms with Gasteiger partial charge in [-0.3, -0.25) is 0 Å². The largest absolute Gasteiger partial charge is 0.393 e. The minimum Gasteiger partial charge on any atom is -0.393 e. The van der Waals surface area contributed by atoms with Gasteiger partial charge in [0.2, 0.25) is 0 Å². The third-order valence-corrected chi connectivity index (χ3v) is 3.97. The van der Waals surface area contributed by atoms with Gasteiger partial charge in [-0.25, -0.2) is 0 Å². The fraction of sp³-hybridized carbons (Fsp3) is 1.00. The summed E-state index contributed by atoms with van der Waals surface area (Å²) in [7, 11) is 0. The molecule has 0 fully saturated rings. The molecule has 0 bridgehead atoms. The average molecular weight is 228 g/mol. The topological polar surface area (TPSA) is 20.2 Å². The molecule has 0 saturated heterocycles. The molecule has 1 N–H and O–H groups in total. The van der Waals surface area contributed by atoms with Gasteiger partial charge in [0.15, 0.2) is 0 Å². The number of unbranched alkanes of at least 4 members (excludes halogenated alkanes) is 3. The monoisotopic (exact) mass is 228 g/mol. The molecule has 0 saturated carbocycles. The second-order valence-corrected chi connectivity index (χ2v) is 5.35. The van der Waals surface area contributed by atoms with E-state index in [1.165, 1.54) is 57.8 Å². The minimum absolute atomic E-state index is 0.142. The van der Waals surface area contributed by atoms with E-state index >= 15 is 0 Å². The first-order chi connectivity index (χ1) is 7.63. The Bertz CT molecular complexity index is 130. The molecule has 0 aliphatic heterocycles. The molecule has 16 heavy (non-hydrogen) atoms. The molecule has 1 atom stereocenters. The Hall–Kier alpha value is -0.0400. The highest BCUT2D eigenvalue weighted by Gasteiger charge is 2.33. The van der Waals surface area contributed by atoms with Gasteiger partial charge in [0.25, 0.3) is 0 Å². The van der Waals surface area contributed by atoms with Crippen LogP contribution >= 0.6 is 0 Å². The lowest BCUT2D eigenvalue weighted by molar-refractivity contribution is 0.0120. The standard InChI is InChI=1S/C15H32O/c1-5-8-11-15(14(4)16,12-9-6-2)13-10-7-3/h14,16H,5-13H2,1-4H3. The summed E-state index contributed by atoms with van der Waals surface area (Å²) in [6.45, 7) is 8.73. The normalized spacial score (nSPS) is 14.1. The van der Waals surface area contributed by atoms with Crippen LogP contribution in [0.4, 0.5) is 0 Å². The van der Waals surface area contributed by atoms with E-state index < -0.39 is 0 Å². The summed E-state index contributed by atoms with van der Waals surface area (Å²) >= 11 is 0. The summed E-state index contributed by atoms with van der Waals surface area (Å²) < 4.78 is 0. The summed E-state index contributed by atoms with van der Waals surface area (Å²) in [6, 6.07) is 0. The maximum atomic E-state index is 10.1. The molecule has 0 rings (SSSR count). The summed E-state index contributed by atoms with van der Waals surface area (Å²) in [6.07, 6.45) is 11.0. The smallest absolute Gasteiger partial charge is 0.0568 e. The van der Waals surface area contributed by atoms with Crippen LogP contribution in [0.25, 0.3) is 0 Å². The Morgan fingerprint density at radius 2 is 1.12 bits per heavy atom. The van der Waals surface area contributed by atoms with E-state index in [1.54, 1.807) is 0 Å². The van der Waals surface area contributed by atoms with Crippen molar-refractivity contribution in [2.24, 2.45) is 5.41 Å². The van der Waals surface area contributed by atoms with E-state index in [2.05, 4.69) is 20.8 Å². The van der Waals surface area contributed by atoms with Crippen molar-refractivity contribution in [3.05, 3.63) is 0 Å². The predicted octanol–water partition coefficient (Wildman–Crippen LogP) is 4.92. The molecule has 0 aromatic rings. The van der Waals surface area contributed by atoms with Crippen molar-refractivity contribution in [1.82, 2.24) is 0 Å². The quantitative estimate of drug-likeness (QED) is 0.562. The number of aliphatic hydroxyl groups excluding tert-OH is 1. The van der Waals surface area contributed by atoms with E-state index in [0.717, 1.165) is 0 Å². The lowest BCUT2D eigenvalue weighted by atomic mass is 9.71. The lowest BCUT2D eigenvalue weighted by Crippen LogP contribution is -2.33. The zero-order chi connectivity index (χ0) is 12.4. The zero-order valence-corrected chi connectivity index (χ0v) is 11.9. The van der Waals surface area contributed by atoms with E-state index in [4.69, 9.17) is 0 Å². The Morgan fingerprint density at radius 3 is 1.31 bits per heavy atom. The van der Waals surface area contributed by atoms with Crippen LogP contribution in [-0.4, -0.2) is 11.2 Å². The van der Waals surface area contributed by atoms with Crippen LogP contribution in [-0.2, 0) is 0 Å². The van der Waals surface area contributed by atoms with E-state index in [-0.39, 0.29) is 11.5 Å². The molecule has 1 heteroatoms. The van der Waals surface area contributed by atoms with E-state index in [1.807, 2.05) is 6.92 Å². The summed E-state index contributed by atoms with van der Waals surface area (Å²) in [5.41, 5.74) is 0.210. The minimum atomic E-state index is -0.142. The predicted molar refractivity (Wildman–Crippen MR) is 72.7 cm³/mol. The van der Waals surface area contributed by atoms with Gasteiger partial charge >= 0.3 is 0 Å². The molecule has 0 aliphatic carbocycles. The van der Waals surface area contributed by atoms with E-state index in [0.29, 0.717) is 0 Å². The van der Waals surface area contributed by atoms with Gasteiger partial charge in [-0.1, -0.05) is 59.3 Å². The number of hydrogen-bond acceptors (Lipinski definition) is 1. The van der Waals surface area contributed by atoms with Crippen LogP contribution in [0.1, 0.15) is 85.5 Å². The molecule has 1 unspecified atom stereocenters. The van der Waals surface area contributed by atoms with Gasteiger partial charge in [-0.2, -0.15) is 0 Å². The van der Waals surface area contributed by atoms with Crippen LogP contribution in [0.2, 0.25) is 0 Å². The maximum absolute atomic E-state index is 10.1. The molecule has 98 valence electrons. The highest BCUT2D eigenvalue weighted by atomic mass is 16.3. The van der Waals surface area contributed by atoms with Crippen molar-refractivity contribution >= 4 is 0 Å². The van der Waals surface area contributed by atoms with Gasteiger partial charge in [0, 0.05) is 0 Å². The highest BCUT2D eigenvalue weighted by molar-refractivity contribution is 4.84.